The van der Waals surface area contributed by atoms with Crippen molar-refractivity contribution in [3.63, 3.8) is 0 Å². The highest BCUT2D eigenvalue weighted by molar-refractivity contribution is 5.78. The van der Waals surface area contributed by atoms with Gasteiger partial charge in [-0.15, -0.1) is 0 Å². The van der Waals surface area contributed by atoms with Crippen molar-refractivity contribution in [1.82, 2.24) is 0 Å². The van der Waals surface area contributed by atoms with Gasteiger partial charge in [0.25, 0.3) is 0 Å². The van der Waals surface area contributed by atoms with Gasteiger partial charge < -0.3 is 0 Å². The van der Waals surface area contributed by atoms with Gasteiger partial charge >= 0.3 is 0 Å². The number of carbonyl (C=O) groups is 1. The Kier molecular flexibility index (Phi) is 3.18. The van der Waals surface area contributed by atoms with Crippen LogP contribution < -0.4 is 0 Å². The summed E-state index contributed by atoms with van der Waals surface area (Å²) in [7, 11) is 0. The van der Waals surface area contributed by atoms with Crippen LogP contribution >= 0.6 is 0 Å². The second kappa shape index (κ2) is 4.17. The predicted octanol–water partition coefficient (Wildman–Crippen LogP) is 2.59. The summed E-state index contributed by atoms with van der Waals surface area (Å²) in [4.78, 5) is 10.9. The zero-order chi connectivity index (χ0) is 9.84. The van der Waals surface area contributed by atoms with Gasteiger partial charge in [-0.25, -0.2) is 4.39 Å². The van der Waals surface area contributed by atoms with E-state index in [1.54, 1.807) is 19.1 Å². The summed E-state index contributed by atoms with van der Waals surface area (Å²) in [6.07, 6.45) is 0.690. The van der Waals surface area contributed by atoms with Crippen LogP contribution in [0.15, 0.2) is 24.3 Å². The lowest BCUT2D eigenvalue weighted by molar-refractivity contribution is -0.120. The highest BCUT2D eigenvalue weighted by Crippen LogP contribution is 2.10. The van der Waals surface area contributed by atoms with E-state index in [9.17, 15) is 9.18 Å². The number of Topliss-reactive ketones (excluding diaryl/α,β-unsaturated/α-hetero) is 1. The SMILES string of the molecule is CC(=O)[C@@H](C)Cc1ccc(F)cc1. The van der Waals surface area contributed by atoms with Crippen LogP contribution in [0.5, 0.6) is 0 Å². The zero-order valence-electron chi connectivity index (χ0n) is 7.88. The van der Waals surface area contributed by atoms with Crippen LogP contribution in [0.1, 0.15) is 19.4 Å². The monoisotopic (exact) mass is 180 g/mol. The van der Waals surface area contributed by atoms with E-state index in [0.717, 1.165) is 5.56 Å². The fourth-order valence-electron chi connectivity index (χ4n) is 1.12. The Labute approximate surface area is 77.6 Å². The van der Waals surface area contributed by atoms with Crippen molar-refractivity contribution in [3.05, 3.63) is 35.6 Å². The average Bonchev–Trinajstić information content (AvgIpc) is 2.08. The topological polar surface area (TPSA) is 17.1 Å². The highest BCUT2D eigenvalue weighted by atomic mass is 19.1. The van der Waals surface area contributed by atoms with Gasteiger partial charge in [0.15, 0.2) is 0 Å². The maximum absolute atomic E-state index is 12.5. The standard InChI is InChI=1S/C11H13FO/c1-8(9(2)13)7-10-3-5-11(12)6-4-10/h3-6,8H,7H2,1-2H3/t8-/m0/s1. The van der Waals surface area contributed by atoms with Gasteiger partial charge in [-0.3, -0.25) is 4.79 Å². The molecule has 0 saturated carbocycles. The quantitative estimate of drug-likeness (QED) is 0.698. The Morgan fingerprint density at radius 1 is 1.38 bits per heavy atom. The van der Waals surface area contributed by atoms with Crippen LogP contribution in [0, 0.1) is 11.7 Å². The molecule has 0 N–H and O–H groups in total. The summed E-state index contributed by atoms with van der Waals surface area (Å²) < 4.78 is 12.5. The molecule has 0 aliphatic heterocycles. The first kappa shape index (κ1) is 9.90. The molecule has 0 spiro atoms. The van der Waals surface area contributed by atoms with Gasteiger partial charge in [0, 0.05) is 5.92 Å². The lowest BCUT2D eigenvalue weighted by Crippen LogP contribution is -2.09. The van der Waals surface area contributed by atoms with Gasteiger partial charge in [-0.2, -0.15) is 0 Å². The van der Waals surface area contributed by atoms with E-state index in [1.165, 1.54) is 12.1 Å². The molecule has 0 bridgehead atoms. The normalized spacial score (nSPS) is 12.5. The van der Waals surface area contributed by atoms with E-state index >= 15 is 0 Å². The van der Waals surface area contributed by atoms with Gasteiger partial charge in [0.1, 0.15) is 11.6 Å². The second-order valence-electron chi connectivity index (χ2n) is 3.34. The first-order valence-corrected chi connectivity index (χ1v) is 4.34. The molecule has 1 aromatic carbocycles. The number of hydrogen-bond acceptors (Lipinski definition) is 1. The van der Waals surface area contributed by atoms with E-state index in [-0.39, 0.29) is 17.5 Å². The van der Waals surface area contributed by atoms with Crippen molar-refractivity contribution in [1.29, 1.82) is 0 Å². The largest absolute Gasteiger partial charge is 0.300 e. The third kappa shape index (κ3) is 2.98. The molecule has 1 atom stereocenters. The van der Waals surface area contributed by atoms with Crippen molar-refractivity contribution in [2.45, 2.75) is 20.3 Å². The third-order valence-electron chi connectivity index (χ3n) is 2.15. The second-order valence-corrected chi connectivity index (χ2v) is 3.34. The summed E-state index contributed by atoms with van der Waals surface area (Å²) in [6.45, 7) is 3.46. The van der Waals surface area contributed by atoms with Crippen molar-refractivity contribution in [3.8, 4) is 0 Å². The van der Waals surface area contributed by atoms with Crippen LogP contribution in [0.4, 0.5) is 4.39 Å². The zero-order valence-corrected chi connectivity index (χ0v) is 7.88. The molecule has 1 rings (SSSR count). The number of ketones is 1. The summed E-state index contributed by atoms with van der Waals surface area (Å²) in [5.41, 5.74) is 1.00. The highest BCUT2D eigenvalue weighted by Gasteiger charge is 2.07. The Bertz CT molecular complexity index is 289. The number of carbonyl (C=O) groups excluding carboxylic acids is 1. The number of rotatable bonds is 3. The lowest BCUT2D eigenvalue weighted by Gasteiger charge is -2.06. The van der Waals surface area contributed by atoms with Crippen molar-refractivity contribution in [2.75, 3.05) is 0 Å². The van der Waals surface area contributed by atoms with E-state index in [1.807, 2.05) is 6.92 Å². The van der Waals surface area contributed by atoms with Crippen LogP contribution in [-0.2, 0) is 11.2 Å². The Morgan fingerprint density at radius 2 is 1.92 bits per heavy atom. The van der Waals surface area contributed by atoms with Crippen molar-refractivity contribution < 1.29 is 9.18 Å². The molecule has 0 fully saturated rings. The molecule has 0 unspecified atom stereocenters. The fraction of sp³-hybridized carbons (Fsp3) is 0.364. The molecule has 70 valence electrons. The minimum atomic E-state index is -0.237. The maximum Gasteiger partial charge on any atom is 0.132 e. The molecule has 1 aromatic rings. The summed E-state index contributed by atoms with van der Waals surface area (Å²) in [6, 6.07) is 6.27. The molecule has 0 saturated heterocycles. The number of halogens is 1. The fourth-order valence-corrected chi connectivity index (χ4v) is 1.12. The molecule has 0 aromatic heterocycles. The van der Waals surface area contributed by atoms with E-state index in [4.69, 9.17) is 0 Å². The van der Waals surface area contributed by atoms with Crippen LogP contribution in [0.3, 0.4) is 0 Å². The van der Waals surface area contributed by atoms with Gasteiger partial charge in [-0.1, -0.05) is 19.1 Å². The smallest absolute Gasteiger partial charge is 0.132 e. The number of benzene rings is 1. The van der Waals surface area contributed by atoms with Gasteiger partial charge in [-0.05, 0) is 31.0 Å². The maximum atomic E-state index is 12.5. The number of hydrogen-bond donors (Lipinski definition) is 0. The van der Waals surface area contributed by atoms with Crippen LogP contribution in [0.25, 0.3) is 0 Å². The van der Waals surface area contributed by atoms with Gasteiger partial charge in [0.05, 0.1) is 0 Å². The molecular weight excluding hydrogens is 167 g/mol. The van der Waals surface area contributed by atoms with E-state index < -0.39 is 0 Å². The summed E-state index contributed by atoms with van der Waals surface area (Å²) in [5.74, 6) is -0.0472. The Hall–Kier alpha value is -1.18. The lowest BCUT2D eigenvalue weighted by atomic mass is 9.98. The van der Waals surface area contributed by atoms with Crippen LogP contribution in [0.2, 0.25) is 0 Å². The predicted molar refractivity (Wildman–Crippen MR) is 49.9 cm³/mol. The molecule has 0 aliphatic rings. The molecular formula is C11H13FO. The summed E-state index contributed by atoms with van der Waals surface area (Å²) in [5, 5.41) is 0. The van der Waals surface area contributed by atoms with Crippen molar-refractivity contribution in [2.24, 2.45) is 5.92 Å². The Balaban J connectivity index is 2.64. The third-order valence-corrected chi connectivity index (χ3v) is 2.15. The van der Waals surface area contributed by atoms with E-state index in [2.05, 4.69) is 0 Å². The Morgan fingerprint density at radius 3 is 2.38 bits per heavy atom. The first-order chi connectivity index (χ1) is 6.09. The first-order valence-electron chi connectivity index (χ1n) is 4.34. The molecule has 0 heterocycles. The summed E-state index contributed by atoms with van der Waals surface area (Å²) >= 11 is 0. The molecule has 0 aliphatic carbocycles. The molecule has 0 amide bonds. The van der Waals surface area contributed by atoms with E-state index in [0.29, 0.717) is 6.42 Å². The average molecular weight is 180 g/mol. The molecule has 0 radical (unpaired) electrons. The van der Waals surface area contributed by atoms with Gasteiger partial charge in [0.2, 0.25) is 0 Å². The molecule has 2 heteroatoms. The molecule has 13 heavy (non-hydrogen) atoms. The van der Waals surface area contributed by atoms with Crippen LogP contribution in [-0.4, -0.2) is 5.78 Å². The molecule has 1 nitrogen and oxygen atoms in total. The van der Waals surface area contributed by atoms with Crippen molar-refractivity contribution >= 4 is 5.78 Å². The minimum absolute atomic E-state index is 0.0189. The minimum Gasteiger partial charge on any atom is -0.300 e.